The zero-order valence-electron chi connectivity index (χ0n) is 17.7. The molecule has 0 aliphatic heterocycles. The predicted molar refractivity (Wildman–Crippen MR) is 117 cm³/mol. The minimum absolute atomic E-state index is 0.0169. The molecule has 0 spiro atoms. The summed E-state index contributed by atoms with van der Waals surface area (Å²) < 4.78 is 4.62. The summed E-state index contributed by atoms with van der Waals surface area (Å²) in [5.41, 5.74) is 0. The highest BCUT2D eigenvalue weighted by Crippen LogP contribution is 2.38. The third kappa shape index (κ3) is 9.90. The average molecular weight is 411 g/mol. The van der Waals surface area contributed by atoms with Gasteiger partial charge >= 0.3 is 5.97 Å². The van der Waals surface area contributed by atoms with Crippen LogP contribution >= 0.6 is 12.6 Å². The van der Waals surface area contributed by atoms with Crippen molar-refractivity contribution in [2.24, 2.45) is 11.8 Å². The lowest BCUT2D eigenvalue weighted by Gasteiger charge is -2.20. The summed E-state index contributed by atoms with van der Waals surface area (Å²) in [5.74, 6) is 0.591. The number of esters is 1. The number of thiol groups is 1. The Morgan fingerprint density at radius 1 is 1.07 bits per heavy atom. The van der Waals surface area contributed by atoms with Crippen LogP contribution in [0.3, 0.4) is 0 Å². The van der Waals surface area contributed by atoms with E-state index in [0.29, 0.717) is 37.9 Å². The highest BCUT2D eigenvalue weighted by atomic mass is 32.1. The van der Waals surface area contributed by atoms with Gasteiger partial charge in [-0.2, -0.15) is 12.6 Å². The molecular weight excluding hydrogens is 372 g/mol. The summed E-state index contributed by atoms with van der Waals surface area (Å²) in [4.78, 5) is 35.6. The van der Waals surface area contributed by atoms with Crippen LogP contribution in [0.1, 0.15) is 90.4 Å². The van der Waals surface area contributed by atoms with E-state index >= 15 is 0 Å². The van der Waals surface area contributed by atoms with Gasteiger partial charge in [0.15, 0.2) is 0 Å². The summed E-state index contributed by atoms with van der Waals surface area (Å²) >= 11 is 4.62. The first-order valence-corrected chi connectivity index (χ1v) is 11.5. The largest absolute Gasteiger partial charge is 0.469 e. The Bertz CT molecular complexity index is 515. The molecule has 0 aromatic heterocycles. The molecule has 28 heavy (non-hydrogen) atoms. The molecule has 3 atom stereocenters. The van der Waals surface area contributed by atoms with Crippen LogP contribution in [-0.2, 0) is 19.1 Å². The molecule has 1 aliphatic rings. The molecule has 160 valence electrons. The minimum atomic E-state index is -0.188. The molecular formula is C23H38O4S. The van der Waals surface area contributed by atoms with E-state index in [1.807, 2.05) is 12.2 Å². The Hall–Kier alpha value is -1.10. The summed E-state index contributed by atoms with van der Waals surface area (Å²) in [6, 6.07) is 0. The van der Waals surface area contributed by atoms with Crippen LogP contribution in [0.4, 0.5) is 0 Å². The van der Waals surface area contributed by atoms with Gasteiger partial charge in [-0.25, -0.2) is 0 Å². The highest BCUT2D eigenvalue weighted by molar-refractivity contribution is 7.81. The molecule has 0 amide bonds. The number of carbonyl (C=O) groups is 3. The number of carbonyl (C=O) groups excluding carboxylic acids is 3. The van der Waals surface area contributed by atoms with Crippen molar-refractivity contribution in [3.63, 3.8) is 0 Å². The van der Waals surface area contributed by atoms with Gasteiger partial charge in [0.2, 0.25) is 0 Å². The maximum Gasteiger partial charge on any atom is 0.305 e. The first kappa shape index (κ1) is 24.9. The van der Waals surface area contributed by atoms with Gasteiger partial charge in [0.25, 0.3) is 0 Å². The van der Waals surface area contributed by atoms with Crippen molar-refractivity contribution in [1.29, 1.82) is 0 Å². The van der Waals surface area contributed by atoms with Crippen molar-refractivity contribution in [2.75, 3.05) is 7.11 Å². The second-order valence-electron chi connectivity index (χ2n) is 7.93. The molecule has 0 N–H and O–H groups in total. The van der Waals surface area contributed by atoms with Crippen LogP contribution in [0, 0.1) is 11.8 Å². The van der Waals surface area contributed by atoms with Crippen molar-refractivity contribution < 1.29 is 19.1 Å². The third-order valence-corrected chi connectivity index (χ3v) is 6.25. The molecule has 1 aliphatic carbocycles. The molecule has 0 radical (unpaired) electrons. The topological polar surface area (TPSA) is 60.4 Å². The van der Waals surface area contributed by atoms with E-state index in [0.717, 1.165) is 32.1 Å². The SMILES string of the molecule is CCCCCCCC(=O)CCC1C(C/C=C\CCCC(=O)OC)C(=O)C[C@H]1S. The summed E-state index contributed by atoms with van der Waals surface area (Å²) in [5, 5.41) is 0.0718. The van der Waals surface area contributed by atoms with E-state index in [9.17, 15) is 14.4 Å². The van der Waals surface area contributed by atoms with E-state index in [-0.39, 0.29) is 28.8 Å². The minimum Gasteiger partial charge on any atom is -0.469 e. The molecule has 0 bridgehead atoms. The fourth-order valence-electron chi connectivity index (χ4n) is 3.92. The normalized spacial score (nSPS) is 22.1. The molecule has 2 unspecified atom stereocenters. The molecule has 0 aromatic carbocycles. The number of unbranched alkanes of at least 4 members (excludes halogenated alkanes) is 5. The standard InChI is InChI=1S/C23H38O4S/c1-3-4-5-6-9-12-18(24)15-16-20-19(21(25)17-22(20)28)13-10-7-8-11-14-23(26)27-2/h7,10,19-20,22,28H,3-6,8-9,11-17H2,1-2H3/b10-7-/t19?,20?,22-/m1/s1. The fraction of sp³-hybridized carbons (Fsp3) is 0.783. The zero-order valence-corrected chi connectivity index (χ0v) is 18.6. The zero-order chi connectivity index (χ0) is 20.8. The number of Topliss-reactive ketones (excluding diaryl/α,β-unsaturated/α-hetero) is 2. The van der Waals surface area contributed by atoms with Gasteiger partial charge in [-0.05, 0) is 38.0 Å². The molecule has 0 heterocycles. The summed E-state index contributed by atoms with van der Waals surface area (Å²) in [7, 11) is 1.40. The molecule has 1 rings (SSSR count). The lowest BCUT2D eigenvalue weighted by atomic mass is 9.87. The fourth-order valence-corrected chi connectivity index (χ4v) is 4.46. The van der Waals surface area contributed by atoms with E-state index in [1.54, 1.807) is 0 Å². The van der Waals surface area contributed by atoms with Gasteiger partial charge in [0.1, 0.15) is 11.6 Å². The number of ketones is 2. The predicted octanol–water partition coefficient (Wildman–Crippen LogP) is 5.49. The maximum absolute atomic E-state index is 12.3. The molecule has 1 saturated carbocycles. The van der Waals surface area contributed by atoms with E-state index in [2.05, 4.69) is 24.3 Å². The first-order valence-electron chi connectivity index (χ1n) is 10.9. The molecule has 4 nitrogen and oxygen atoms in total. The van der Waals surface area contributed by atoms with E-state index < -0.39 is 0 Å². The van der Waals surface area contributed by atoms with Crippen LogP contribution in [0.15, 0.2) is 12.2 Å². The smallest absolute Gasteiger partial charge is 0.305 e. The van der Waals surface area contributed by atoms with E-state index in [1.165, 1.54) is 26.4 Å². The molecule has 1 fully saturated rings. The Kier molecular flexibility index (Phi) is 13.2. The number of allylic oxidation sites excluding steroid dienone is 2. The van der Waals surface area contributed by atoms with Crippen molar-refractivity contribution >= 4 is 30.2 Å². The average Bonchev–Trinajstić information content (AvgIpc) is 2.94. The monoisotopic (exact) mass is 410 g/mol. The Balaban J connectivity index is 2.33. The van der Waals surface area contributed by atoms with E-state index in [4.69, 9.17) is 0 Å². The lowest BCUT2D eigenvalue weighted by molar-refractivity contribution is -0.140. The van der Waals surface area contributed by atoms with Crippen molar-refractivity contribution in [2.45, 2.75) is 95.6 Å². The van der Waals surface area contributed by atoms with Gasteiger partial charge in [-0.3, -0.25) is 14.4 Å². The van der Waals surface area contributed by atoms with Gasteiger partial charge in [0.05, 0.1) is 7.11 Å². The maximum atomic E-state index is 12.3. The van der Waals surface area contributed by atoms with Crippen LogP contribution in [0.5, 0.6) is 0 Å². The highest BCUT2D eigenvalue weighted by Gasteiger charge is 2.39. The Labute approximate surface area is 176 Å². The van der Waals surface area contributed by atoms with Crippen LogP contribution in [0.25, 0.3) is 0 Å². The van der Waals surface area contributed by atoms with Gasteiger partial charge in [0, 0.05) is 36.9 Å². The lowest BCUT2D eigenvalue weighted by Crippen LogP contribution is -2.19. The van der Waals surface area contributed by atoms with Crippen molar-refractivity contribution in [3.8, 4) is 0 Å². The first-order chi connectivity index (χ1) is 13.5. The summed E-state index contributed by atoms with van der Waals surface area (Å²) in [6.07, 6.45) is 15.1. The van der Waals surface area contributed by atoms with Gasteiger partial charge < -0.3 is 4.74 Å². The number of hydrogen-bond acceptors (Lipinski definition) is 5. The summed E-state index contributed by atoms with van der Waals surface area (Å²) in [6.45, 7) is 2.19. The third-order valence-electron chi connectivity index (χ3n) is 5.69. The Morgan fingerprint density at radius 3 is 2.54 bits per heavy atom. The number of methoxy groups -OCH3 is 1. The van der Waals surface area contributed by atoms with Crippen LogP contribution in [0.2, 0.25) is 0 Å². The Morgan fingerprint density at radius 2 is 1.82 bits per heavy atom. The number of rotatable bonds is 15. The second kappa shape index (κ2) is 14.8. The van der Waals surface area contributed by atoms with Crippen molar-refractivity contribution in [1.82, 2.24) is 0 Å². The quantitative estimate of drug-likeness (QED) is 0.168. The molecule has 0 saturated heterocycles. The number of hydrogen-bond donors (Lipinski definition) is 1. The van der Waals surface area contributed by atoms with Crippen LogP contribution in [-0.4, -0.2) is 29.9 Å². The molecule has 5 heteroatoms. The molecule has 0 aromatic rings. The second-order valence-corrected chi connectivity index (χ2v) is 8.59. The number of ether oxygens (including phenoxy) is 1. The van der Waals surface area contributed by atoms with Crippen LogP contribution < -0.4 is 0 Å². The van der Waals surface area contributed by atoms with Crippen molar-refractivity contribution in [3.05, 3.63) is 12.2 Å². The van der Waals surface area contributed by atoms with Gasteiger partial charge in [-0.15, -0.1) is 0 Å². The van der Waals surface area contributed by atoms with Gasteiger partial charge in [-0.1, -0.05) is 44.8 Å².